The van der Waals surface area contributed by atoms with Crippen molar-refractivity contribution in [2.75, 3.05) is 26.2 Å². The van der Waals surface area contributed by atoms with Gasteiger partial charge < -0.3 is 19.8 Å². The van der Waals surface area contributed by atoms with Crippen LogP contribution in [0, 0.1) is 17.8 Å². The summed E-state index contributed by atoms with van der Waals surface area (Å²) in [5, 5.41) is 29.4. The van der Waals surface area contributed by atoms with Crippen molar-refractivity contribution in [2.24, 2.45) is 17.8 Å². The molecule has 0 aromatic carbocycles. The van der Waals surface area contributed by atoms with Gasteiger partial charge in [-0.3, -0.25) is 14.4 Å². The van der Waals surface area contributed by atoms with E-state index in [1.54, 1.807) is 0 Å². The maximum absolute atomic E-state index is 12.0. The van der Waals surface area contributed by atoms with Gasteiger partial charge in [0.15, 0.2) is 0 Å². The molecule has 3 N–H and O–H groups in total. The van der Waals surface area contributed by atoms with Gasteiger partial charge in [-0.2, -0.15) is 0 Å². The van der Waals surface area contributed by atoms with E-state index in [-0.39, 0.29) is 24.1 Å². The van der Waals surface area contributed by atoms with E-state index < -0.39 is 35.7 Å². The van der Waals surface area contributed by atoms with E-state index in [0.717, 1.165) is 19.3 Å². The maximum Gasteiger partial charge on any atom is 0.312 e. The summed E-state index contributed by atoms with van der Waals surface area (Å²) in [5.74, 6) is -4.52. The fourth-order valence-corrected chi connectivity index (χ4v) is 5.74. The van der Waals surface area contributed by atoms with Crippen LogP contribution >= 0.6 is 0 Å². The predicted molar refractivity (Wildman–Crippen MR) is 163 cm³/mol. The van der Waals surface area contributed by atoms with Crippen molar-refractivity contribution in [3.05, 3.63) is 12.2 Å². The van der Waals surface area contributed by atoms with Crippen molar-refractivity contribution in [1.29, 1.82) is 0 Å². The lowest BCUT2D eigenvalue weighted by Gasteiger charge is -2.43. The number of unbranched alkanes of at least 4 members (excludes halogenated alkanes) is 12. The molecule has 0 aromatic heterocycles. The summed E-state index contributed by atoms with van der Waals surface area (Å²) in [6.45, 7) is 9.23. The lowest BCUT2D eigenvalue weighted by Crippen LogP contribution is -2.58. The summed E-state index contributed by atoms with van der Waals surface area (Å²) >= 11 is 0. The Balaban J connectivity index is 4.88. The number of aliphatic carboxylic acids is 3. The molecule has 0 saturated carbocycles. The Morgan fingerprint density at radius 2 is 0.850 bits per heavy atom. The number of rotatable bonds is 28. The normalized spacial score (nSPS) is 15.5. The van der Waals surface area contributed by atoms with Crippen molar-refractivity contribution in [3.8, 4) is 0 Å². The molecular weight excluding hydrogens is 506 g/mol. The number of carboxylic acids is 3. The van der Waals surface area contributed by atoms with Gasteiger partial charge in [-0.15, -0.1) is 0 Å². The zero-order valence-corrected chi connectivity index (χ0v) is 26.2. The maximum atomic E-state index is 12.0. The van der Waals surface area contributed by atoms with Crippen LogP contribution in [0.2, 0.25) is 0 Å². The number of nitrogens with zero attached hydrogens (tertiary/aromatic N) is 1. The summed E-state index contributed by atoms with van der Waals surface area (Å²) < 4.78 is 0.256. The SMILES string of the molecule is CCCCCC/C=C/CCCCCCCCCC[N+](CC(CC)C(=O)O)(CC(CC)C(=O)O)CC(CC)C(=O)O. The van der Waals surface area contributed by atoms with Crippen LogP contribution in [-0.4, -0.2) is 63.9 Å². The zero-order valence-electron chi connectivity index (χ0n) is 26.2. The Bertz CT molecular complexity index is 647. The molecule has 3 unspecified atom stereocenters. The van der Waals surface area contributed by atoms with Crippen LogP contribution in [0.5, 0.6) is 0 Å². The molecule has 0 bridgehead atoms. The fraction of sp³-hybridized carbons (Fsp3) is 0.848. The minimum atomic E-state index is -0.890. The third-order valence-corrected chi connectivity index (χ3v) is 8.49. The molecule has 0 amide bonds. The summed E-state index contributed by atoms with van der Waals surface area (Å²) in [6.07, 6.45) is 22.7. The molecule has 0 aliphatic heterocycles. The number of hydrogen-bond donors (Lipinski definition) is 3. The van der Waals surface area contributed by atoms with Crippen LogP contribution in [0.15, 0.2) is 12.2 Å². The Kier molecular flexibility index (Phi) is 22.7. The van der Waals surface area contributed by atoms with E-state index in [1.165, 1.54) is 70.6 Å². The summed E-state index contributed by atoms with van der Waals surface area (Å²) in [4.78, 5) is 35.9. The van der Waals surface area contributed by atoms with Gasteiger partial charge in [0.1, 0.15) is 17.8 Å². The third kappa shape index (κ3) is 17.7. The van der Waals surface area contributed by atoms with Crippen LogP contribution in [-0.2, 0) is 14.4 Å². The van der Waals surface area contributed by atoms with Crippen molar-refractivity contribution >= 4 is 17.9 Å². The van der Waals surface area contributed by atoms with Crippen LogP contribution < -0.4 is 0 Å². The second kappa shape index (κ2) is 23.8. The molecule has 7 heteroatoms. The highest BCUT2D eigenvalue weighted by molar-refractivity contribution is 5.71. The third-order valence-electron chi connectivity index (χ3n) is 8.49. The first-order chi connectivity index (χ1) is 19.2. The molecule has 0 aliphatic carbocycles. The predicted octanol–water partition coefficient (Wildman–Crippen LogP) is 8.17. The summed E-state index contributed by atoms with van der Waals surface area (Å²) in [5.41, 5.74) is 0. The van der Waals surface area contributed by atoms with E-state index in [2.05, 4.69) is 19.1 Å². The van der Waals surface area contributed by atoms with E-state index >= 15 is 0 Å². The van der Waals surface area contributed by atoms with Gasteiger partial charge >= 0.3 is 17.9 Å². The molecule has 40 heavy (non-hydrogen) atoms. The van der Waals surface area contributed by atoms with Gasteiger partial charge in [-0.05, 0) is 57.8 Å². The molecule has 0 fully saturated rings. The number of carboxylic acid groups (broad SMARTS) is 3. The van der Waals surface area contributed by atoms with E-state index in [9.17, 15) is 29.7 Å². The minimum absolute atomic E-state index is 0.256. The topological polar surface area (TPSA) is 112 Å². The minimum Gasteiger partial charge on any atom is -0.481 e. The van der Waals surface area contributed by atoms with Crippen molar-refractivity contribution in [2.45, 2.75) is 137 Å². The van der Waals surface area contributed by atoms with Gasteiger partial charge in [-0.25, -0.2) is 0 Å². The first-order valence-electron chi connectivity index (χ1n) is 16.3. The lowest BCUT2D eigenvalue weighted by molar-refractivity contribution is -0.935. The summed E-state index contributed by atoms with van der Waals surface area (Å²) in [7, 11) is 0. The second-order valence-electron chi connectivity index (χ2n) is 11.9. The molecule has 3 atom stereocenters. The number of hydrogen-bond acceptors (Lipinski definition) is 3. The first-order valence-corrected chi connectivity index (χ1v) is 16.3. The lowest BCUT2D eigenvalue weighted by atomic mass is 9.95. The fourth-order valence-electron chi connectivity index (χ4n) is 5.74. The van der Waals surface area contributed by atoms with Crippen molar-refractivity contribution < 1.29 is 34.2 Å². The second-order valence-corrected chi connectivity index (χ2v) is 11.9. The number of carbonyl (C=O) groups is 3. The molecule has 0 spiro atoms. The molecule has 0 radical (unpaired) electrons. The zero-order chi connectivity index (χ0) is 30.2. The van der Waals surface area contributed by atoms with Crippen LogP contribution in [0.4, 0.5) is 0 Å². The Hall–Kier alpha value is -1.89. The standard InChI is InChI=1S/C33H61NO6/c1-5-9-10-11-12-13-14-15-16-17-18-19-20-21-22-23-24-34(25-28(6-2)31(35)36,26-29(7-3)32(37)38)27-30(8-4)33(39)40/h13-14,28-30H,5-12,15-27H2,1-4H3,(H2-,35,36,37,38,39,40)/p+1/b14-13+. The first kappa shape index (κ1) is 38.1. The Morgan fingerprint density at radius 1 is 0.525 bits per heavy atom. The van der Waals surface area contributed by atoms with Gasteiger partial charge in [0, 0.05) is 0 Å². The molecule has 0 rings (SSSR count). The molecule has 234 valence electrons. The van der Waals surface area contributed by atoms with E-state index in [1.807, 2.05) is 20.8 Å². The monoisotopic (exact) mass is 568 g/mol. The highest BCUT2D eigenvalue weighted by Gasteiger charge is 2.40. The molecule has 0 saturated heterocycles. The van der Waals surface area contributed by atoms with Gasteiger partial charge in [0.2, 0.25) is 0 Å². The number of quaternary nitrogens is 1. The Labute approximate surface area is 245 Å². The molecule has 0 heterocycles. The van der Waals surface area contributed by atoms with E-state index in [4.69, 9.17) is 0 Å². The smallest absolute Gasteiger partial charge is 0.312 e. The highest BCUT2D eigenvalue weighted by Crippen LogP contribution is 2.25. The highest BCUT2D eigenvalue weighted by atomic mass is 16.4. The van der Waals surface area contributed by atoms with Gasteiger partial charge in [-0.1, -0.05) is 91.2 Å². The van der Waals surface area contributed by atoms with Gasteiger partial charge in [0.25, 0.3) is 0 Å². The quantitative estimate of drug-likeness (QED) is 0.0498. The van der Waals surface area contributed by atoms with Crippen molar-refractivity contribution in [3.63, 3.8) is 0 Å². The largest absolute Gasteiger partial charge is 0.481 e. The van der Waals surface area contributed by atoms with Gasteiger partial charge in [0.05, 0.1) is 26.2 Å². The van der Waals surface area contributed by atoms with E-state index in [0.29, 0.717) is 25.8 Å². The molecule has 7 nitrogen and oxygen atoms in total. The molecular formula is C33H62NO6+. The molecule has 0 aliphatic rings. The van der Waals surface area contributed by atoms with Crippen LogP contribution in [0.3, 0.4) is 0 Å². The average Bonchev–Trinajstić information content (AvgIpc) is 2.92. The van der Waals surface area contributed by atoms with Crippen LogP contribution in [0.25, 0.3) is 0 Å². The van der Waals surface area contributed by atoms with Crippen molar-refractivity contribution in [1.82, 2.24) is 0 Å². The number of allylic oxidation sites excluding steroid dienone is 2. The average molecular weight is 569 g/mol. The molecule has 0 aromatic rings. The summed E-state index contributed by atoms with van der Waals surface area (Å²) in [6, 6.07) is 0. The van der Waals surface area contributed by atoms with Crippen LogP contribution in [0.1, 0.15) is 137 Å². The Morgan fingerprint density at radius 3 is 1.18 bits per heavy atom.